The normalized spacial score (nSPS) is 17.4. The molecule has 1 heterocycles. The standard InChI is InChI=1S/C16H23F3N2O2S/c1-3-10-21(13-6-8-20-9-7-13)24(22,23)14-5-4-12(2)15(11-14)16(17,18)19/h4-5,11,13,20H,3,6-10H2,1-2H3. The number of rotatable bonds is 5. The molecule has 0 atom stereocenters. The maximum atomic E-state index is 13.1. The van der Waals surface area contributed by atoms with E-state index in [1.54, 1.807) is 0 Å². The fourth-order valence-electron chi connectivity index (χ4n) is 3.02. The number of alkyl halides is 3. The Labute approximate surface area is 141 Å². The highest BCUT2D eigenvalue weighted by Crippen LogP contribution is 2.34. The van der Waals surface area contributed by atoms with E-state index in [2.05, 4.69) is 5.32 Å². The van der Waals surface area contributed by atoms with Crippen molar-refractivity contribution in [2.75, 3.05) is 19.6 Å². The quantitative estimate of drug-likeness (QED) is 0.873. The lowest BCUT2D eigenvalue weighted by Gasteiger charge is -2.33. The summed E-state index contributed by atoms with van der Waals surface area (Å²) in [5, 5.41) is 3.17. The number of benzene rings is 1. The first-order valence-electron chi connectivity index (χ1n) is 8.08. The van der Waals surface area contributed by atoms with Gasteiger partial charge >= 0.3 is 6.18 Å². The zero-order chi connectivity index (χ0) is 18.0. The Morgan fingerprint density at radius 3 is 2.42 bits per heavy atom. The van der Waals surface area contributed by atoms with E-state index < -0.39 is 21.8 Å². The molecule has 1 saturated heterocycles. The van der Waals surface area contributed by atoms with Crippen molar-refractivity contribution in [2.24, 2.45) is 0 Å². The average molecular weight is 364 g/mol. The summed E-state index contributed by atoms with van der Waals surface area (Å²) in [6, 6.07) is 3.08. The van der Waals surface area contributed by atoms with Gasteiger partial charge in [0.05, 0.1) is 10.5 Å². The average Bonchev–Trinajstić information content (AvgIpc) is 2.52. The predicted octanol–water partition coefficient (Wildman–Crippen LogP) is 3.17. The maximum Gasteiger partial charge on any atom is 0.416 e. The van der Waals surface area contributed by atoms with Crippen molar-refractivity contribution >= 4 is 10.0 Å². The molecule has 8 heteroatoms. The topological polar surface area (TPSA) is 49.4 Å². The van der Waals surface area contributed by atoms with E-state index in [-0.39, 0.29) is 16.5 Å². The SMILES string of the molecule is CCCN(C1CCNCC1)S(=O)(=O)c1ccc(C)c(C(F)(F)F)c1. The van der Waals surface area contributed by atoms with Crippen molar-refractivity contribution in [1.29, 1.82) is 0 Å². The molecular formula is C16H23F3N2O2S. The molecule has 0 aromatic heterocycles. The van der Waals surface area contributed by atoms with Gasteiger partial charge in [-0.3, -0.25) is 0 Å². The lowest BCUT2D eigenvalue weighted by atomic mass is 10.1. The number of nitrogens with one attached hydrogen (secondary N) is 1. The monoisotopic (exact) mass is 364 g/mol. The van der Waals surface area contributed by atoms with Gasteiger partial charge in [0, 0.05) is 12.6 Å². The van der Waals surface area contributed by atoms with Crippen LogP contribution in [0.5, 0.6) is 0 Å². The molecule has 1 fully saturated rings. The largest absolute Gasteiger partial charge is 0.416 e. The molecule has 0 unspecified atom stereocenters. The summed E-state index contributed by atoms with van der Waals surface area (Å²) >= 11 is 0. The lowest BCUT2D eigenvalue weighted by molar-refractivity contribution is -0.138. The van der Waals surface area contributed by atoms with Crippen LogP contribution in [0.2, 0.25) is 0 Å². The Morgan fingerprint density at radius 2 is 1.88 bits per heavy atom. The summed E-state index contributed by atoms with van der Waals surface area (Å²) in [6.07, 6.45) is -2.63. The van der Waals surface area contributed by atoms with Crippen molar-refractivity contribution in [3.8, 4) is 0 Å². The third-order valence-corrected chi connectivity index (χ3v) is 6.23. The first-order chi connectivity index (χ1) is 11.2. The number of nitrogens with zero attached hydrogens (tertiary/aromatic N) is 1. The van der Waals surface area contributed by atoms with Gasteiger partial charge in [0.25, 0.3) is 0 Å². The van der Waals surface area contributed by atoms with Crippen LogP contribution in [0, 0.1) is 6.92 Å². The lowest BCUT2D eigenvalue weighted by Crippen LogP contribution is -2.46. The molecule has 0 amide bonds. The number of hydrogen-bond donors (Lipinski definition) is 1. The Bertz CT molecular complexity index is 668. The maximum absolute atomic E-state index is 13.1. The number of halogens is 3. The van der Waals surface area contributed by atoms with Crippen LogP contribution >= 0.6 is 0 Å². The molecule has 0 aliphatic carbocycles. The van der Waals surface area contributed by atoms with Crippen molar-refractivity contribution in [1.82, 2.24) is 9.62 Å². The molecule has 24 heavy (non-hydrogen) atoms. The molecule has 136 valence electrons. The Hall–Kier alpha value is -1.12. The second kappa shape index (κ2) is 7.41. The molecule has 1 aliphatic heterocycles. The summed E-state index contributed by atoms with van der Waals surface area (Å²) in [7, 11) is -3.96. The molecule has 0 radical (unpaired) electrons. The van der Waals surface area contributed by atoms with Crippen LogP contribution in [0.15, 0.2) is 23.1 Å². The molecule has 4 nitrogen and oxygen atoms in total. The molecule has 0 saturated carbocycles. The fourth-order valence-corrected chi connectivity index (χ4v) is 4.82. The Balaban J connectivity index is 2.43. The van der Waals surface area contributed by atoms with Crippen LogP contribution in [-0.4, -0.2) is 38.4 Å². The van der Waals surface area contributed by atoms with Gasteiger partial charge in [-0.2, -0.15) is 17.5 Å². The van der Waals surface area contributed by atoms with Crippen LogP contribution in [0.25, 0.3) is 0 Å². The van der Waals surface area contributed by atoms with Gasteiger partial charge in [0.15, 0.2) is 0 Å². The highest BCUT2D eigenvalue weighted by molar-refractivity contribution is 7.89. The van der Waals surface area contributed by atoms with E-state index in [9.17, 15) is 21.6 Å². The van der Waals surface area contributed by atoms with Gasteiger partial charge in [-0.05, 0) is 57.0 Å². The van der Waals surface area contributed by atoms with Crippen molar-refractivity contribution in [2.45, 2.75) is 50.2 Å². The number of sulfonamides is 1. The first-order valence-corrected chi connectivity index (χ1v) is 9.52. The predicted molar refractivity (Wildman–Crippen MR) is 86.3 cm³/mol. The van der Waals surface area contributed by atoms with E-state index in [0.717, 1.165) is 6.07 Å². The van der Waals surface area contributed by atoms with Gasteiger partial charge < -0.3 is 5.32 Å². The van der Waals surface area contributed by atoms with E-state index in [1.807, 2.05) is 6.92 Å². The zero-order valence-electron chi connectivity index (χ0n) is 13.9. The van der Waals surface area contributed by atoms with Crippen molar-refractivity contribution in [3.05, 3.63) is 29.3 Å². The minimum absolute atomic E-state index is 0.0188. The fraction of sp³-hybridized carbons (Fsp3) is 0.625. The number of aryl methyl sites for hydroxylation is 1. The molecule has 1 aromatic rings. The summed E-state index contributed by atoms with van der Waals surface area (Å²) in [4.78, 5) is -0.285. The molecule has 0 spiro atoms. The Kier molecular flexibility index (Phi) is 5.93. The molecule has 0 bridgehead atoms. The number of piperidine rings is 1. The van der Waals surface area contributed by atoms with Gasteiger partial charge in [-0.25, -0.2) is 8.42 Å². The van der Waals surface area contributed by atoms with Gasteiger partial charge in [0.1, 0.15) is 0 Å². The van der Waals surface area contributed by atoms with Crippen LogP contribution < -0.4 is 5.32 Å². The highest BCUT2D eigenvalue weighted by atomic mass is 32.2. The molecule has 2 rings (SSSR count). The first kappa shape index (κ1) is 19.2. The third kappa shape index (κ3) is 4.10. The minimum Gasteiger partial charge on any atom is -0.317 e. The van der Waals surface area contributed by atoms with Crippen LogP contribution in [0.3, 0.4) is 0 Å². The van der Waals surface area contributed by atoms with Crippen LogP contribution in [0.1, 0.15) is 37.3 Å². The van der Waals surface area contributed by atoms with E-state index in [1.165, 1.54) is 23.4 Å². The van der Waals surface area contributed by atoms with Crippen LogP contribution in [0.4, 0.5) is 13.2 Å². The van der Waals surface area contributed by atoms with Gasteiger partial charge in [-0.15, -0.1) is 0 Å². The number of hydrogen-bond acceptors (Lipinski definition) is 3. The zero-order valence-corrected chi connectivity index (χ0v) is 14.7. The van der Waals surface area contributed by atoms with Crippen molar-refractivity contribution in [3.63, 3.8) is 0 Å². The molecule has 1 N–H and O–H groups in total. The van der Waals surface area contributed by atoms with E-state index >= 15 is 0 Å². The third-order valence-electron chi connectivity index (χ3n) is 4.28. The summed E-state index contributed by atoms with van der Waals surface area (Å²) in [5.41, 5.74) is -0.879. The summed E-state index contributed by atoms with van der Waals surface area (Å²) in [5.74, 6) is 0. The van der Waals surface area contributed by atoms with Gasteiger partial charge in [0.2, 0.25) is 10.0 Å². The molecule has 1 aliphatic rings. The molecular weight excluding hydrogens is 341 g/mol. The second-order valence-corrected chi connectivity index (χ2v) is 7.96. The van der Waals surface area contributed by atoms with E-state index in [0.29, 0.717) is 38.9 Å². The highest BCUT2D eigenvalue weighted by Gasteiger charge is 2.36. The second-order valence-electron chi connectivity index (χ2n) is 6.07. The van der Waals surface area contributed by atoms with E-state index in [4.69, 9.17) is 0 Å². The summed E-state index contributed by atoms with van der Waals surface area (Å²) < 4.78 is 66.6. The van der Waals surface area contributed by atoms with Gasteiger partial charge in [-0.1, -0.05) is 13.0 Å². The Morgan fingerprint density at radius 1 is 1.25 bits per heavy atom. The minimum atomic E-state index is -4.57. The molecule has 1 aromatic carbocycles. The summed E-state index contributed by atoms with van der Waals surface area (Å²) in [6.45, 7) is 4.92. The smallest absolute Gasteiger partial charge is 0.317 e. The van der Waals surface area contributed by atoms with Crippen molar-refractivity contribution < 1.29 is 21.6 Å². The van der Waals surface area contributed by atoms with Crippen LogP contribution in [-0.2, 0) is 16.2 Å².